The summed E-state index contributed by atoms with van der Waals surface area (Å²) in [6.07, 6.45) is 3.75. The van der Waals surface area contributed by atoms with Crippen LogP contribution in [0.5, 0.6) is 0 Å². The number of rotatable bonds is 11. The van der Waals surface area contributed by atoms with Gasteiger partial charge in [0, 0.05) is 11.7 Å². The number of aliphatic hydroxyl groups excluding tert-OH is 1. The molecule has 3 saturated heterocycles. The molecule has 1 spiro atoms. The zero-order valence-electron chi connectivity index (χ0n) is 23.6. The second kappa shape index (κ2) is 11.3. The Morgan fingerprint density at radius 2 is 1.73 bits per heavy atom. The Morgan fingerprint density at radius 3 is 2.35 bits per heavy atom. The number of anilines is 1. The molecule has 2 aromatic rings. The smallest absolute Gasteiger partial charge is 0.246 e. The average molecular weight is 548 g/mol. The lowest BCUT2D eigenvalue weighted by Crippen LogP contribution is -2.59. The molecule has 2 bridgehead atoms. The number of amides is 3. The Bertz CT molecular complexity index is 1220. The normalized spacial score (nSPS) is 30.1. The number of para-hydroxylation sites is 1. The Hall–Kier alpha value is -3.23. The molecule has 3 N–H and O–H groups in total. The highest BCUT2D eigenvalue weighted by Gasteiger charge is 2.79. The number of hydrogen-bond acceptors (Lipinski definition) is 5. The lowest BCUT2D eigenvalue weighted by Gasteiger charge is -2.38. The van der Waals surface area contributed by atoms with E-state index in [9.17, 15) is 19.5 Å². The molecule has 0 radical (unpaired) electrons. The van der Waals surface area contributed by atoms with Crippen molar-refractivity contribution >= 4 is 23.4 Å². The van der Waals surface area contributed by atoms with Gasteiger partial charge in [-0.3, -0.25) is 14.4 Å². The molecule has 3 aliphatic rings. The summed E-state index contributed by atoms with van der Waals surface area (Å²) in [6.45, 7) is 5.70. The van der Waals surface area contributed by atoms with E-state index in [1.54, 1.807) is 4.90 Å². The molecular weight excluding hydrogens is 506 g/mol. The molecule has 5 rings (SSSR count). The van der Waals surface area contributed by atoms with Crippen LogP contribution in [0.3, 0.4) is 0 Å². The summed E-state index contributed by atoms with van der Waals surface area (Å²) in [5.41, 5.74) is -0.354. The molecular formula is C32H41N3O5. The number of nitrogens with zero attached hydrogens (tertiary/aromatic N) is 1. The topological polar surface area (TPSA) is 108 Å². The van der Waals surface area contributed by atoms with Gasteiger partial charge in [-0.05, 0) is 56.7 Å². The van der Waals surface area contributed by atoms with Crippen molar-refractivity contribution in [2.45, 2.75) is 88.6 Å². The summed E-state index contributed by atoms with van der Waals surface area (Å²) < 4.78 is 6.85. The van der Waals surface area contributed by atoms with Crippen LogP contribution >= 0.6 is 0 Å². The summed E-state index contributed by atoms with van der Waals surface area (Å²) in [6, 6.07) is 17.2. The number of ether oxygens (including phenoxy) is 1. The van der Waals surface area contributed by atoms with Gasteiger partial charge in [0.25, 0.3) is 0 Å². The van der Waals surface area contributed by atoms with E-state index in [1.165, 1.54) is 0 Å². The maximum absolute atomic E-state index is 14.5. The third-order valence-corrected chi connectivity index (χ3v) is 9.22. The van der Waals surface area contributed by atoms with E-state index in [0.717, 1.165) is 18.4 Å². The first-order chi connectivity index (χ1) is 19.3. The SMILES string of the molecule is CCCC(C)NC(=O)C1N([C@@H](CO)Cc2ccccc2)C(=O)[C@@H]2[C@@H](C(=O)Nc3ccccc3)[C@@]3(CC)CCC12O3. The molecule has 3 amide bonds. The minimum atomic E-state index is -1.13. The zero-order valence-corrected chi connectivity index (χ0v) is 23.6. The summed E-state index contributed by atoms with van der Waals surface area (Å²) in [7, 11) is 0. The maximum Gasteiger partial charge on any atom is 0.246 e. The number of carbonyl (C=O) groups excluding carboxylic acids is 3. The quantitative estimate of drug-likeness (QED) is 0.398. The molecule has 3 aliphatic heterocycles. The van der Waals surface area contributed by atoms with Crippen molar-refractivity contribution in [1.82, 2.24) is 10.2 Å². The van der Waals surface area contributed by atoms with Crippen molar-refractivity contribution in [1.29, 1.82) is 0 Å². The number of fused-ring (bicyclic) bond motifs is 1. The van der Waals surface area contributed by atoms with Gasteiger partial charge in [-0.15, -0.1) is 0 Å². The van der Waals surface area contributed by atoms with Crippen molar-refractivity contribution < 1.29 is 24.2 Å². The van der Waals surface area contributed by atoms with Gasteiger partial charge in [-0.2, -0.15) is 0 Å². The molecule has 8 nitrogen and oxygen atoms in total. The van der Waals surface area contributed by atoms with Gasteiger partial charge in [0.1, 0.15) is 11.6 Å². The molecule has 40 heavy (non-hydrogen) atoms. The van der Waals surface area contributed by atoms with E-state index in [0.29, 0.717) is 31.4 Å². The van der Waals surface area contributed by atoms with E-state index >= 15 is 0 Å². The predicted octanol–water partition coefficient (Wildman–Crippen LogP) is 3.69. The summed E-state index contributed by atoms with van der Waals surface area (Å²) in [4.78, 5) is 44.0. The summed E-state index contributed by atoms with van der Waals surface area (Å²) >= 11 is 0. The molecule has 0 aliphatic carbocycles. The van der Waals surface area contributed by atoms with Gasteiger partial charge in [0.05, 0.1) is 30.1 Å². The van der Waals surface area contributed by atoms with Gasteiger partial charge in [0.2, 0.25) is 17.7 Å². The zero-order chi connectivity index (χ0) is 28.5. The Labute approximate surface area is 236 Å². The van der Waals surface area contributed by atoms with E-state index in [-0.39, 0.29) is 30.4 Å². The molecule has 0 saturated carbocycles. The molecule has 0 aromatic heterocycles. The van der Waals surface area contributed by atoms with Crippen molar-refractivity contribution in [2.75, 3.05) is 11.9 Å². The molecule has 2 aromatic carbocycles. The maximum atomic E-state index is 14.5. The number of carbonyl (C=O) groups is 3. The Kier molecular flexibility index (Phi) is 8.02. The number of benzene rings is 2. The largest absolute Gasteiger partial charge is 0.394 e. The average Bonchev–Trinajstić information content (AvgIpc) is 3.56. The van der Waals surface area contributed by atoms with Gasteiger partial charge >= 0.3 is 0 Å². The number of likely N-dealkylation sites (tertiary alicyclic amines) is 1. The van der Waals surface area contributed by atoms with Crippen LogP contribution in [-0.4, -0.2) is 63.7 Å². The standard InChI is InChI=1S/C32H41N3O5/c1-4-12-21(3)33-29(38)27-32-18-17-31(5-2,40-32)25(28(37)34-23-15-10-7-11-16-23)26(32)30(39)35(27)24(20-36)19-22-13-8-6-9-14-22/h6-11,13-16,21,24-27,36H,4-5,12,17-20H2,1-3H3,(H,33,38)(H,34,37)/t21?,24-,25+,26+,27?,31-,32?/m1/s1. The molecule has 214 valence electrons. The van der Waals surface area contributed by atoms with E-state index in [4.69, 9.17) is 4.74 Å². The second-order valence-corrected chi connectivity index (χ2v) is 11.7. The molecule has 8 heteroatoms. The molecule has 7 atom stereocenters. The van der Waals surface area contributed by atoms with Crippen LogP contribution in [0.25, 0.3) is 0 Å². The lowest BCUT2D eigenvalue weighted by atomic mass is 9.65. The van der Waals surface area contributed by atoms with Crippen molar-refractivity contribution in [3.63, 3.8) is 0 Å². The van der Waals surface area contributed by atoms with Crippen LogP contribution in [0, 0.1) is 11.8 Å². The first-order valence-electron chi connectivity index (χ1n) is 14.6. The van der Waals surface area contributed by atoms with Gasteiger partial charge in [-0.25, -0.2) is 0 Å². The van der Waals surface area contributed by atoms with Crippen LogP contribution in [-0.2, 0) is 25.5 Å². The van der Waals surface area contributed by atoms with Gasteiger partial charge in [-0.1, -0.05) is 68.8 Å². The van der Waals surface area contributed by atoms with E-state index in [1.807, 2.05) is 74.5 Å². The van der Waals surface area contributed by atoms with Crippen molar-refractivity contribution in [3.05, 3.63) is 66.2 Å². The highest BCUT2D eigenvalue weighted by Crippen LogP contribution is 2.64. The van der Waals surface area contributed by atoms with Crippen molar-refractivity contribution in [3.8, 4) is 0 Å². The van der Waals surface area contributed by atoms with Gasteiger partial charge < -0.3 is 25.4 Å². The lowest BCUT2D eigenvalue weighted by molar-refractivity contribution is -0.150. The third-order valence-electron chi connectivity index (χ3n) is 9.22. The highest BCUT2D eigenvalue weighted by atomic mass is 16.5. The fraction of sp³-hybridized carbons (Fsp3) is 0.531. The van der Waals surface area contributed by atoms with Crippen LogP contribution in [0.1, 0.15) is 58.4 Å². The molecule has 3 unspecified atom stereocenters. The molecule has 3 fully saturated rings. The fourth-order valence-corrected chi connectivity index (χ4v) is 7.45. The predicted molar refractivity (Wildman–Crippen MR) is 152 cm³/mol. The van der Waals surface area contributed by atoms with Crippen molar-refractivity contribution in [2.24, 2.45) is 11.8 Å². The van der Waals surface area contributed by atoms with Gasteiger partial charge in [0.15, 0.2) is 0 Å². The highest BCUT2D eigenvalue weighted by molar-refractivity contribution is 6.02. The first kappa shape index (κ1) is 28.3. The minimum Gasteiger partial charge on any atom is -0.394 e. The Morgan fingerprint density at radius 1 is 1.05 bits per heavy atom. The molecule has 3 heterocycles. The van der Waals surface area contributed by atoms with Crippen LogP contribution in [0.2, 0.25) is 0 Å². The number of aliphatic hydroxyl groups is 1. The second-order valence-electron chi connectivity index (χ2n) is 11.7. The third kappa shape index (κ3) is 4.71. The van der Waals surface area contributed by atoms with E-state index < -0.39 is 35.1 Å². The van der Waals surface area contributed by atoms with E-state index in [2.05, 4.69) is 17.6 Å². The van der Waals surface area contributed by atoms with Crippen LogP contribution < -0.4 is 10.6 Å². The fourth-order valence-electron chi connectivity index (χ4n) is 7.45. The monoisotopic (exact) mass is 547 g/mol. The number of nitrogens with one attached hydrogen (secondary N) is 2. The first-order valence-corrected chi connectivity index (χ1v) is 14.6. The summed E-state index contributed by atoms with van der Waals surface area (Å²) in [5.74, 6) is -2.40. The van der Waals surface area contributed by atoms with Crippen LogP contribution in [0.4, 0.5) is 5.69 Å². The Balaban J connectivity index is 1.55. The summed E-state index contributed by atoms with van der Waals surface area (Å²) in [5, 5.41) is 16.7. The minimum absolute atomic E-state index is 0.0810. The number of hydrogen-bond donors (Lipinski definition) is 3. The van der Waals surface area contributed by atoms with Crippen LogP contribution in [0.15, 0.2) is 60.7 Å².